The predicted octanol–water partition coefficient (Wildman–Crippen LogP) is 1.04. The lowest BCUT2D eigenvalue weighted by molar-refractivity contribution is 0.0250. The van der Waals surface area contributed by atoms with Crippen LogP contribution in [-0.2, 0) is 9.47 Å². The molecular formula is C12H27NO3. The molecule has 0 aliphatic carbocycles. The number of hydrogen-bond donors (Lipinski definition) is 2. The Kier molecular flexibility index (Phi) is 8.84. The number of aliphatic hydroxyl groups is 1. The standard InChI is InChI=1S/C12H27NO3/c1-5-12(6-2,10-14)9-13-7-11(16-4)8-15-3/h11,13-14H,5-10H2,1-4H3. The van der Waals surface area contributed by atoms with Gasteiger partial charge in [-0.1, -0.05) is 13.8 Å². The van der Waals surface area contributed by atoms with E-state index in [1.165, 1.54) is 0 Å². The molecule has 0 rings (SSSR count). The van der Waals surface area contributed by atoms with E-state index in [4.69, 9.17) is 9.47 Å². The van der Waals surface area contributed by atoms with Gasteiger partial charge in [0.25, 0.3) is 0 Å². The van der Waals surface area contributed by atoms with E-state index < -0.39 is 0 Å². The first-order chi connectivity index (χ1) is 7.67. The van der Waals surface area contributed by atoms with Crippen LogP contribution < -0.4 is 5.32 Å². The Morgan fingerprint density at radius 3 is 2.25 bits per heavy atom. The molecule has 0 aliphatic heterocycles. The van der Waals surface area contributed by atoms with Gasteiger partial charge < -0.3 is 19.9 Å². The summed E-state index contributed by atoms with van der Waals surface area (Å²) in [6.07, 6.45) is 2.04. The monoisotopic (exact) mass is 233 g/mol. The van der Waals surface area contributed by atoms with Crippen molar-refractivity contribution in [1.29, 1.82) is 0 Å². The molecular weight excluding hydrogens is 206 g/mol. The quantitative estimate of drug-likeness (QED) is 0.592. The van der Waals surface area contributed by atoms with Crippen LogP contribution in [0.1, 0.15) is 26.7 Å². The number of aliphatic hydroxyl groups excluding tert-OH is 1. The fourth-order valence-corrected chi connectivity index (χ4v) is 1.67. The highest BCUT2D eigenvalue weighted by Crippen LogP contribution is 2.24. The highest BCUT2D eigenvalue weighted by atomic mass is 16.5. The van der Waals surface area contributed by atoms with Crippen LogP contribution in [0.4, 0.5) is 0 Å². The van der Waals surface area contributed by atoms with Crippen LogP contribution in [-0.4, -0.2) is 51.7 Å². The van der Waals surface area contributed by atoms with Crippen molar-refractivity contribution in [2.24, 2.45) is 5.41 Å². The second-order valence-electron chi connectivity index (χ2n) is 4.31. The molecule has 98 valence electrons. The first-order valence-electron chi connectivity index (χ1n) is 6.01. The van der Waals surface area contributed by atoms with Gasteiger partial charge >= 0.3 is 0 Å². The fourth-order valence-electron chi connectivity index (χ4n) is 1.67. The summed E-state index contributed by atoms with van der Waals surface area (Å²) in [6.45, 7) is 6.63. The van der Waals surface area contributed by atoms with Gasteiger partial charge in [-0.25, -0.2) is 0 Å². The van der Waals surface area contributed by atoms with Gasteiger partial charge in [0.15, 0.2) is 0 Å². The van der Waals surface area contributed by atoms with Crippen molar-refractivity contribution in [1.82, 2.24) is 5.32 Å². The second-order valence-corrected chi connectivity index (χ2v) is 4.31. The summed E-state index contributed by atoms with van der Waals surface area (Å²) in [5.74, 6) is 0. The van der Waals surface area contributed by atoms with Crippen molar-refractivity contribution >= 4 is 0 Å². The van der Waals surface area contributed by atoms with E-state index in [2.05, 4.69) is 19.2 Å². The van der Waals surface area contributed by atoms with Gasteiger partial charge in [0.1, 0.15) is 0 Å². The van der Waals surface area contributed by atoms with Crippen molar-refractivity contribution in [3.05, 3.63) is 0 Å². The number of methoxy groups -OCH3 is 2. The van der Waals surface area contributed by atoms with Crippen LogP contribution in [0.15, 0.2) is 0 Å². The molecule has 4 nitrogen and oxygen atoms in total. The zero-order chi connectivity index (χ0) is 12.4. The van der Waals surface area contributed by atoms with Gasteiger partial charge in [-0.15, -0.1) is 0 Å². The summed E-state index contributed by atoms with van der Waals surface area (Å²) < 4.78 is 10.3. The van der Waals surface area contributed by atoms with Gasteiger partial charge in [0.2, 0.25) is 0 Å². The zero-order valence-electron chi connectivity index (χ0n) is 11.1. The third-order valence-corrected chi connectivity index (χ3v) is 3.39. The molecule has 0 amide bonds. The van der Waals surface area contributed by atoms with E-state index in [0.29, 0.717) is 6.61 Å². The van der Waals surface area contributed by atoms with Gasteiger partial charge in [0, 0.05) is 39.3 Å². The van der Waals surface area contributed by atoms with E-state index in [9.17, 15) is 5.11 Å². The Morgan fingerprint density at radius 2 is 1.88 bits per heavy atom. The Bertz CT molecular complexity index is 152. The fraction of sp³-hybridized carbons (Fsp3) is 1.00. The number of rotatable bonds is 10. The molecule has 0 heterocycles. The third-order valence-electron chi connectivity index (χ3n) is 3.39. The van der Waals surface area contributed by atoms with Crippen LogP contribution in [0.5, 0.6) is 0 Å². The van der Waals surface area contributed by atoms with Gasteiger partial charge in [-0.3, -0.25) is 0 Å². The summed E-state index contributed by atoms with van der Waals surface area (Å²) in [6, 6.07) is 0. The Hall–Kier alpha value is -0.160. The van der Waals surface area contributed by atoms with Gasteiger partial charge in [-0.2, -0.15) is 0 Å². The summed E-state index contributed by atoms with van der Waals surface area (Å²) in [4.78, 5) is 0. The molecule has 0 aliphatic rings. The van der Waals surface area contributed by atoms with Crippen molar-refractivity contribution in [3.63, 3.8) is 0 Å². The van der Waals surface area contributed by atoms with E-state index in [-0.39, 0.29) is 18.1 Å². The highest BCUT2D eigenvalue weighted by molar-refractivity contribution is 4.78. The van der Waals surface area contributed by atoms with Crippen molar-refractivity contribution in [3.8, 4) is 0 Å². The maximum absolute atomic E-state index is 9.41. The lowest BCUT2D eigenvalue weighted by Gasteiger charge is -2.30. The van der Waals surface area contributed by atoms with Crippen LogP contribution >= 0.6 is 0 Å². The molecule has 4 heteroatoms. The molecule has 0 fully saturated rings. The molecule has 0 spiro atoms. The van der Waals surface area contributed by atoms with Crippen LogP contribution in [0.2, 0.25) is 0 Å². The molecule has 1 unspecified atom stereocenters. The van der Waals surface area contributed by atoms with E-state index in [1.807, 2.05) is 0 Å². The molecule has 0 aromatic heterocycles. The minimum atomic E-state index is 0.00532. The lowest BCUT2D eigenvalue weighted by Crippen LogP contribution is -2.41. The molecule has 0 saturated carbocycles. The molecule has 0 radical (unpaired) electrons. The zero-order valence-corrected chi connectivity index (χ0v) is 11.1. The summed E-state index contributed by atoms with van der Waals surface area (Å²) in [7, 11) is 3.35. The molecule has 0 bridgehead atoms. The SMILES string of the molecule is CCC(CC)(CO)CNCC(COC)OC. The van der Waals surface area contributed by atoms with Gasteiger partial charge in [-0.05, 0) is 12.8 Å². The first kappa shape index (κ1) is 15.8. The molecule has 0 aromatic carbocycles. The second kappa shape index (κ2) is 8.93. The summed E-state index contributed by atoms with van der Waals surface area (Å²) in [5, 5.41) is 12.8. The summed E-state index contributed by atoms with van der Waals surface area (Å²) >= 11 is 0. The van der Waals surface area contributed by atoms with Crippen LogP contribution in [0.3, 0.4) is 0 Å². The largest absolute Gasteiger partial charge is 0.396 e. The maximum Gasteiger partial charge on any atom is 0.0928 e. The first-order valence-corrected chi connectivity index (χ1v) is 6.01. The highest BCUT2D eigenvalue weighted by Gasteiger charge is 2.24. The molecule has 0 saturated heterocycles. The number of nitrogens with one attached hydrogen (secondary N) is 1. The average Bonchev–Trinajstić information content (AvgIpc) is 2.34. The molecule has 2 N–H and O–H groups in total. The Labute approximate surface area is 99.3 Å². The van der Waals surface area contributed by atoms with E-state index in [1.54, 1.807) is 14.2 Å². The van der Waals surface area contributed by atoms with Crippen LogP contribution in [0.25, 0.3) is 0 Å². The average molecular weight is 233 g/mol. The summed E-state index contributed by atoms with van der Waals surface area (Å²) in [5.41, 5.74) is 0.00532. The lowest BCUT2D eigenvalue weighted by atomic mass is 9.83. The van der Waals surface area contributed by atoms with Crippen LogP contribution in [0, 0.1) is 5.41 Å². The maximum atomic E-state index is 9.41. The Balaban J connectivity index is 3.92. The van der Waals surface area contributed by atoms with Crippen molar-refractivity contribution < 1.29 is 14.6 Å². The predicted molar refractivity (Wildman–Crippen MR) is 65.6 cm³/mol. The van der Waals surface area contributed by atoms with E-state index >= 15 is 0 Å². The Morgan fingerprint density at radius 1 is 1.25 bits per heavy atom. The van der Waals surface area contributed by atoms with E-state index in [0.717, 1.165) is 25.9 Å². The molecule has 0 aromatic rings. The smallest absolute Gasteiger partial charge is 0.0928 e. The molecule has 16 heavy (non-hydrogen) atoms. The minimum Gasteiger partial charge on any atom is -0.396 e. The molecule has 1 atom stereocenters. The third kappa shape index (κ3) is 5.25. The van der Waals surface area contributed by atoms with Gasteiger partial charge in [0.05, 0.1) is 12.7 Å². The topological polar surface area (TPSA) is 50.7 Å². The number of hydrogen-bond acceptors (Lipinski definition) is 4. The normalized spacial score (nSPS) is 14.1. The minimum absolute atomic E-state index is 0.00532. The van der Waals surface area contributed by atoms with Crippen molar-refractivity contribution in [2.45, 2.75) is 32.8 Å². The van der Waals surface area contributed by atoms with Crippen molar-refractivity contribution in [2.75, 3.05) is 40.5 Å². The number of ether oxygens (including phenoxy) is 2.